The minimum absolute atomic E-state index is 0.344. The van der Waals surface area contributed by atoms with Gasteiger partial charge in [-0.15, -0.1) is 0 Å². The number of methoxy groups -OCH3 is 1. The lowest BCUT2D eigenvalue weighted by molar-refractivity contribution is 0.262. The van der Waals surface area contributed by atoms with E-state index in [4.69, 9.17) is 19.4 Å². The molecule has 0 bridgehead atoms. The van der Waals surface area contributed by atoms with E-state index in [0.29, 0.717) is 28.8 Å². The van der Waals surface area contributed by atoms with Gasteiger partial charge in [-0.1, -0.05) is 24.3 Å². The molecule has 0 aliphatic carbocycles. The molecule has 0 aliphatic heterocycles. The number of rotatable bonds is 6. The maximum atomic E-state index is 12.4. The van der Waals surface area contributed by atoms with Crippen molar-refractivity contribution in [3.05, 3.63) is 103 Å². The molecule has 0 saturated carbocycles. The molecule has 178 valence electrons. The summed E-state index contributed by atoms with van der Waals surface area (Å²) in [5.41, 5.74) is 3.99. The Bertz CT molecular complexity index is 1520. The van der Waals surface area contributed by atoms with Gasteiger partial charge in [0.15, 0.2) is 5.82 Å². The number of carbonyl (C=O) groups is 1. The van der Waals surface area contributed by atoms with Gasteiger partial charge in [0, 0.05) is 16.9 Å². The van der Waals surface area contributed by atoms with Crippen molar-refractivity contribution in [2.75, 3.05) is 17.7 Å². The lowest BCUT2D eigenvalue weighted by atomic mass is 10.1. The minimum atomic E-state index is -0.344. The first-order chi connectivity index (χ1) is 17.6. The molecule has 5 aromatic rings. The van der Waals surface area contributed by atoms with E-state index in [1.165, 1.54) is 0 Å². The van der Waals surface area contributed by atoms with Crippen LogP contribution in [-0.2, 0) is 0 Å². The van der Waals surface area contributed by atoms with Crippen LogP contribution in [0.4, 0.5) is 16.2 Å². The topological polar surface area (TPSA) is 85.4 Å². The highest BCUT2D eigenvalue weighted by molar-refractivity contribution is 5.99. The fourth-order valence-electron chi connectivity index (χ4n) is 3.72. The third-order valence-electron chi connectivity index (χ3n) is 5.52. The number of nitrogens with one attached hydrogen (secondary N) is 2. The Morgan fingerprint density at radius 2 is 1.44 bits per heavy atom. The highest BCUT2D eigenvalue weighted by Crippen LogP contribution is 2.30. The Morgan fingerprint density at radius 1 is 0.750 bits per heavy atom. The summed E-state index contributed by atoms with van der Waals surface area (Å²) in [4.78, 5) is 21.8. The molecular weight excluding hydrogens is 452 g/mol. The number of hydrogen-bond donors (Lipinski definition) is 2. The van der Waals surface area contributed by atoms with E-state index in [1.807, 2.05) is 79.7 Å². The van der Waals surface area contributed by atoms with Gasteiger partial charge in [0.2, 0.25) is 5.88 Å². The van der Waals surface area contributed by atoms with Gasteiger partial charge in [0.05, 0.1) is 18.0 Å². The zero-order valence-corrected chi connectivity index (χ0v) is 19.9. The Balaban J connectivity index is 1.35. The summed E-state index contributed by atoms with van der Waals surface area (Å²) in [6, 6.07) is 29.7. The van der Waals surface area contributed by atoms with Crippen LogP contribution in [-0.4, -0.2) is 23.1 Å². The summed E-state index contributed by atoms with van der Waals surface area (Å²) < 4.78 is 11.3. The first kappa shape index (κ1) is 22.9. The zero-order valence-electron chi connectivity index (χ0n) is 19.9. The molecule has 0 spiro atoms. The van der Waals surface area contributed by atoms with Crippen molar-refractivity contribution < 1.29 is 14.3 Å². The van der Waals surface area contributed by atoms with Gasteiger partial charge in [0.1, 0.15) is 11.5 Å². The van der Waals surface area contributed by atoms with E-state index in [2.05, 4.69) is 10.6 Å². The Labute approximate surface area is 208 Å². The van der Waals surface area contributed by atoms with Gasteiger partial charge in [-0.25, -0.2) is 9.78 Å². The van der Waals surface area contributed by atoms with Crippen LogP contribution in [0.15, 0.2) is 97.1 Å². The number of benzene rings is 4. The van der Waals surface area contributed by atoms with Crippen LogP contribution in [0.1, 0.15) is 5.56 Å². The van der Waals surface area contributed by atoms with Gasteiger partial charge < -0.3 is 20.1 Å². The molecule has 7 nitrogen and oxygen atoms in total. The molecule has 2 amide bonds. The van der Waals surface area contributed by atoms with Crippen molar-refractivity contribution >= 4 is 28.3 Å². The van der Waals surface area contributed by atoms with Crippen LogP contribution in [0.25, 0.3) is 22.3 Å². The highest BCUT2D eigenvalue weighted by atomic mass is 16.5. The number of para-hydroxylation sites is 1. The summed E-state index contributed by atoms with van der Waals surface area (Å²) in [7, 11) is 1.60. The molecule has 0 radical (unpaired) electrons. The smallest absolute Gasteiger partial charge is 0.323 e. The second kappa shape index (κ2) is 10.1. The Hall–Kier alpha value is -4.91. The van der Waals surface area contributed by atoms with Crippen molar-refractivity contribution in [3.63, 3.8) is 0 Å². The fourth-order valence-corrected chi connectivity index (χ4v) is 3.72. The molecular formula is C29H24N4O3. The highest BCUT2D eigenvalue weighted by Gasteiger charge is 2.12. The van der Waals surface area contributed by atoms with Gasteiger partial charge in [-0.05, 0) is 85.3 Å². The number of aromatic nitrogens is 2. The van der Waals surface area contributed by atoms with E-state index in [-0.39, 0.29) is 6.03 Å². The molecule has 0 saturated heterocycles. The largest absolute Gasteiger partial charge is 0.497 e. The summed E-state index contributed by atoms with van der Waals surface area (Å²) in [6.07, 6.45) is 0. The Morgan fingerprint density at radius 3 is 2.14 bits per heavy atom. The second-order valence-electron chi connectivity index (χ2n) is 8.17. The molecule has 0 fully saturated rings. The monoisotopic (exact) mass is 476 g/mol. The van der Waals surface area contributed by atoms with Gasteiger partial charge in [-0.2, -0.15) is 4.98 Å². The van der Waals surface area contributed by atoms with Crippen molar-refractivity contribution in [2.45, 2.75) is 6.92 Å². The van der Waals surface area contributed by atoms with Crippen molar-refractivity contribution in [1.29, 1.82) is 0 Å². The van der Waals surface area contributed by atoms with E-state index in [9.17, 15) is 4.79 Å². The number of aryl methyl sites for hydroxylation is 1. The molecule has 1 aromatic heterocycles. The number of urea groups is 1. The quantitative estimate of drug-likeness (QED) is 0.274. The predicted molar refractivity (Wildman–Crippen MR) is 142 cm³/mol. The third-order valence-corrected chi connectivity index (χ3v) is 5.52. The fraction of sp³-hybridized carbons (Fsp3) is 0.0690. The number of hydrogen-bond acceptors (Lipinski definition) is 5. The van der Waals surface area contributed by atoms with Crippen LogP contribution in [0.3, 0.4) is 0 Å². The van der Waals surface area contributed by atoms with Crippen LogP contribution < -0.4 is 20.1 Å². The summed E-state index contributed by atoms with van der Waals surface area (Å²) >= 11 is 0. The lowest BCUT2D eigenvalue weighted by Crippen LogP contribution is -2.19. The van der Waals surface area contributed by atoms with Crippen molar-refractivity contribution in [2.24, 2.45) is 0 Å². The molecule has 1 heterocycles. The maximum absolute atomic E-state index is 12.4. The molecule has 0 unspecified atom stereocenters. The van der Waals surface area contributed by atoms with Crippen LogP contribution in [0.5, 0.6) is 17.4 Å². The lowest BCUT2D eigenvalue weighted by Gasteiger charge is -2.11. The standard InChI is InChI=1S/C29H24N4O3/c1-19-6-5-7-24(18-19)36-28-25-8-3-4-9-26(25)32-27(33-28)20-10-12-21(13-11-20)30-29(34)31-22-14-16-23(35-2)17-15-22/h3-18H,1-2H3,(H2,30,31,34). The van der Waals surface area contributed by atoms with E-state index < -0.39 is 0 Å². The van der Waals surface area contributed by atoms with E-state index in [0.717, 1.165) is 27.8 Å². The molecule has 0 aliphatic rings. The SMILES string of the molecule is COc1ccc(NC(=O)Nc2ccc(-c3nc(Oc4cccc(C)c4)c4ccccc4n3)cc2)cc1. The first-order valence-corrected chi connectivity index (χ1v) is 11.4. The normalized spacial score (nSPS) is 10.6. The molecule has 36 heavy (non-hydrogen) atoms. The maximum Gasteiger partial charge on any atom is 0.323 e. The minimum Gasteiger partial charge on any atom is -0.497 e. The molecule has 4 aromatic carbocycles. The van der Waals surface area contributed by atoms with Gasteiger partial charge >= 0.3 is 6.03 Å². The number of nitrogens with zero attached hydrogens (tertiary/aromatic N) is 2. The average molecular weight is 477 g/mol. The van der Waals surface area contributed by atoms with Crippen molar-refractivity contribution in [1.82, 2.24) is 9.97 Å². The summed E-state index contributed by atoms with van der Waals surface area (Å²) in [5.74, 6) is 2.46. The second-order valence-corrected chi connectivity index (χ2v) is 8.17. The van der Waals surface area contributed by atoms with Crippen molar-refractivity contribution in [3.8, 4) is 28.8 Å². The average Bonchev–Trinajstić information content (AvgIpc) is 2.89. The molecule has 2 N–H and O–H groups in total. The first-order valence-electron chi connectivity index (χ1n) is 11.4. The predicted octanol–water partition coefficient (Wildman–Crippen LogP) is 7.05. The number of anilines is 2. The number of amides is 2. The summed E-state index contributed by atoms with van der Waals surface area (Å²) in [6.45, 7) is 2.02. The molecule has 5 rings (SSSR count). The van der Waals surface area contributed by atoms with Gasteiger partial charge in [0.25, 0.3) is 0 Å². The number of fused-ring (bicyclic) bond motifs is 1. The van der Waals surface area contributed by atoms with Crippen LogP contribution in [0.2, 0.25) is 0 Å². The van der Waals surface area contributed by atoms with E-state index >= 15 is 0 Å². The van der Waals surface area contributed by atoms with E-state index in [1.54, 1.807) is 31.4 Å². The Kier molecular flexibility index (Phi) is 6.44. The van der Waals surface area contributed by atoms with Gasteiger partial charge in [-0.3, -0.25) is 0 Å². The third kappa shape index (κ3) is 5.26. The van der Waals surface area contributed by atoms with Crippen LogP contribution in [0, 0.1) is 6.92 Å². The molecule has 0 atom stereocenters. The summed E-state index contributed by atoms with van der Waals surface area (Å²) in [5, 5.41) is 6.46. The van der Waals surface area contributed by atoms with Crippen LogP contribution >= 0.6 is 0 Å². The number of carbonyl (C=O) groups excluding carboxylic acids is 1. The molecule has 7 heteroatoms. The number of ether oxygens (including phenoxy) is 2. The zero-order chi connectivity index (χ0) is 24.9.